The lowest BCUT2D eigenvalue weighted by Gasteiger charge is -2.31. The van der Waals surface area contributed by atoms with E-state index in [9.17, 15) is 0 Å². The van der Waals surface area contributed by atoms with E-state index >= 15 is 0 Å². The van der Waals surface area contributed by atoms with Gasteiger partial charge in [0.2, 0.25) is 0 Å². The summed E-state index contributed by atoms with van der Waals surface area (Å²) in [5.41, 5.74) is 0. The van der Waals surface area contributed by atoms with Gasteiger partial charge in [0.05, 0.1) is 18.1 Å². The molecule has 1 saturated heterocycles. The van der Waals surface area contributed by atoms with E-state index in [0.717, 1.165) is 32.8 Å². The Bertz CT molecular complexity index is 119. The molecule has 1 fully saturated rings. The second-order valence-electron chi connectivity index (χ2n) is 3.61. The van der Waals surface area contributed by atoms with Gasteiger partial charge in [0, 0.05) is 19.6 Å². The number of ether oxygens (including phenoxy) is 1. The molecule has 0 aromatic rings. The van der Waals surface area contributed by atoms with Crippen LogP contribution in [0.5, 0.6) is 0 Å². The fraction of sp³-hybridized carbons (Fsp3) is 1.00. The Morgan fingerprint density at radius 1 is 1.33 bits per heavy atom. The van der Waals surface area contributed by atoms with Crippen molar-refractivity contribution >= 4 is 24.0 Å². The highest BCUT2D eigenvalue weighted by atomic mass is 35.5. The number of morpholine rings is 1. The lowest BCUT2D eigenvalue weighted by molar-refractivity contribution is 0.0346. The van der Waals surface area contributed by atoms with E-state index in [4.69, 9.17) is 16.3 Å². The minimum Gasteiger partial charge on any atom is -0.379 e. The Labute approximate surface area is 85.6 Å². The normalized spacial score (nSPS) is 20.2. The summed E-state index contributed by atoms with van der Waals surface area (Å²) in [4.78, 5) is 2.24. The number of halogens is 2. The first-order valence-corrected chi connectivity index (χ1v) is 4.45. The maximum Gasteiger partial charge on any atom is 0.0594 e. The molecule has 1 rings (SSSR count). The summed E-state index contributed by atoms with van der Waals surface area (Å²) in [5.74, 6) is 0. The summed E-state index contributed by atoms with van der Waals surface area (Å²) in [6, 6.07) is 0. The first kappa shape index (κ1) is 12.5. The Hall–Kier alpha value is 0.500. The molecule has 0 aliphatic carbocycles. The second-order valence-corrected chi connectivity index (χ2v) is 4.63. The van der Waals surface area contributed by atoms with Crippen LogP contribution in [0.3, 0.4) is 0 Å². The van der Waals surface area contributed by atoms with Crippen LogP contribution in [0.4, 0.5) is 0 Å². The molecule has 0 aromatic carbocycles. The van der Waals surface area contributed by atoms with Crippen molar-refractivity contribution in [3.63, 3.8) is 0 Å². The monoisotopic (exact) mass is 213 g/mol. The van der Waals surface area contributed by atoms with Crippen LogP contribution in [0.15, 0.2) is 0 Å². The predicted molar refractivity (Wildman–Crippen MR) is 54.4 cm³/mol. The van der Waals surface area contributed by atoms with E-state index in [1.807, 2.05) is 13.8 Å². The highest BCUT2D eigenvalue weighted by Gasteiger charge is 2.19. The molecule has 1 aliphatic heterocycles. The van der Waals surface area contributed by atoms with Crippen LogP contribution in [-0.4, -0.2) is 42.6 Å². The van der Waals surface area contributed by atoms with Gasteiger partial charge in [-0.1, -0.05) is 0 Å². The van der Waals surface area contributed by atoms with Gasteiger partial charge < -0.3 is 4.74 Å². The van der Waals surface area contributed by atoms with Gasteiger partial charge in [0.1, 0.15) is 0 Å². The van der Waals surface area contributed by atoms with Crippen LogP contribution < -0.4 is 0 Å². The van der Waals surface area contributed by atoms with Gasteiger partial charge in [-0.15, -0.1) is 24.0 Å². The fourth-order valence-corrected chi connectivity index (χ4v) is 1.46. The van der Waals surface area contributed by atoms with Crippen LogP contribution >= 0.6 is 24.0 Å². The topological polar surface area (TPSA) is 12.5 Å². The van der Waals surface area contributed by atoms with Crippen molar-refractivity contribution in [2.75, 3.05) is 32.8 Å². The van der Waals surface area contributed by atoms with E-state index in [1.54, 1.807) is 0 Å². The number of rotatable bonds is 2. The summed E-state index contributed by atoms with van der Waals surface area (Å²) in [5, 5.41) is 0. The third-order valence-corrected chi connectivity index (χ3v) is 1.82. The highest BCUT2D eigenvalue weighted by Crippen LogP contribution is 2.14. The van der Waals surface area contributed by atoms with Crippen LogP contribution in [0.1, 0.15) is 13.8 Å². The van der Waals surface area contributed by atoms with Crippen molar-refractivity contribution in [3.8, 4) is 0 Å². The van der Waals surface area contributed by atoms with Gasteiger partial charge in [-0.05, 0) is 13.8 Å². The Kier molecular flexibility index (Phi) is 5.50. The van der Waals surface area contributed by atoms with E-state index in [-0.39, 0.29) is 17.3 Å². The van der Waals surface area contributed by atoms with Crippen molar-refractivity contribution in [2.24, 2.45) is 0 Å². The minimum atomic E-state index is -0.0999. The standard InChI is InChI=1S/C8H16ClNO.ClH/c1-8(2,9)7-10-3-5-11-6-4-10;/h3-7H2,1-2H3;1H. The van der Waals surface area contributed by atoms with Crippen molar-refractivity contribution < 1.29 is 4.74 Å². The zero-order chi connectivity index (χ0) is 8.32. The van der Waals surface area contributed by atoms with Crippen LogP contribution in [0.25, 0.3) is 0 Å². The lowest BCUT2D eigenvalue weighted by atomic mass is 10.2. The smallest absolute Gasteiger partial charge is 0.0594 e. The molecule has 0 spiro atoms. The number of alkyl halides is 1. The van der Waals surface area contributed by atoms with Gasteiger partial charge in [0.15, 0.2) is 0 Å². The third kappa shape index (κ3) is 5.20. The molecule has 0 radical (unpaired) electrons. The first-order chi connectivity index (χ1) is 5.08. The zero-order valence-electron chi connectivity index (χ0n) is 7.68. The van der Waals surface area contributed by atoms with E-state index in [1.165, 1.54) is 0 Å². The molecule has 1 aliphatic rings. The molecule has 0 bridgehead atoms. The van der Waals surface area contributed by atoms with Gasteiger partial charge in [0.25, 0.3) is 0 Å². The Balaban J connectivity index is 0.00000121. The van der Waals surface area contributed by atoms with Crippen molar-refractivity contribution in [3.05, 3.63) is 0 Å². The maximum atomic E-state index is 6.08. The summed E-state index contributed by atoms with van der Waals surface area (Å²) in [6.45, 7) is 8.80. The summed E-state index contributed by atoms with van der Waals surface area (Å²) >= 11 is 6.08. The number of nitrogens with zero attached hydrogens (tertiary/aromatic N) is 1. The molecule has 0 aromatic heterocycles. The predicted octanol–water partition coefficient (Wildman–Crippen LogP) is 1.76. The second kappa shape index (κ2) is 5.28. The Morgan fingerprint density at radius 2 is 1.83 bits per heavy atom. The average Bonchev–Trinajstić information content (AvgIpc) is 1.85. The van der Waals surface area contributed by atoms with Gasteiger partial charge in [-0.2, -0.15) is 0 Å². The molecule has 0 saturated carbocycles. The van der Waals surface area contributed by atoms with E-state index in [0.29, 0.717) is 0 Å². The van der Waals surface area contributed by atoms with Gasteiger partial charge >= 0.3 is 0 Å². The zero-order valence-corrected chi connectivity index (χ0v) is 9.25. The number of hydrogen-bond acceptors (Lipinski definition) is 2. The van der Waals surface area contributed by atoms with Crippen molar-refractivity contribution in [1.29, 1.82) is 0 Å². The molecule has 1 heterocycles. The largest absolute Gasteiger partial charge is 0.379 e. The molecule has 74 valence electrons. The average molecular weight is 214 g/mol. The maximum absolute atomic E-state index is 6.08. The first-order valence-electron chi connectivity index (χ1n) is 4.07. The molecule has 4 heteroatoms. The van der Waals surface area contributed by atoms with Crippen LogP contribution in [0, 0.1) is 0 Å². The molecular formula is C8H17Cl2NO. The molecule has 0 atom stereocenters. The molecule has 0 unspecified atom stereocenters. The quantitative estimate of drug-likeness (QED) is 0.649. The van der Waals surface area contributed by atoms with Crippen LogP contribution in [-0.2, 0) is 4.74 Å². The fourth-order valence-electron chi connectivity index (χ4n) is 1.29. The highest BCUT2D eigenvalue weighted by molar-refractivity contribution is 6.23. The molecule has 2 nitrogen and oxygen atoms in total. The van der Waals surface area contributed by atoms with Crippen LogP contribution in [0.2, 0.25) is 0 Å². The van der Waals surface area contributed by atoms with Gasteiger partial charge in [-0.25, -0.2) is 0 Å². The summed E-state index contributed by atoms with van der Waals surface area (Å²) in [7, 11) is 0. The SMILES string of the molecule is CC(C)(Cl)CN1CCOCC1.Cl. The third-order valence-electron chi connectivity index (χ3n) is 1.70. The van der Waals surface area contributed by atoms with E-state index in [2.05, 4.69) is 4.90 Å². The lowest BCUT2D eigenvalue weighted by Crippen LogP contribution is -2.42. The molecule has 12 heavy (non-hydrogen) atoms. The Morgan fingerprint density at radius 3 is 2.25 bits per heavy atom. The summed E-state index contributed by atoms with van der Waals surface area (Å²) < 4.78 is 5.23. The number of hydrogen-bond donors (Lipinski definition) is 0. The molecule has 0 N–H and O–H groups in total. The molecule has 0 amide bonds. The van der Waals surface area contributed by atoms with E-state index < -0.39 is 0 Å². The van der Waals surface area contributed by atoms with Gasteiger partial charge in [-0.3, -0.25) is 4.90 Å². The summed E-state index contributed by atoms with van der Waals surface area (Å²) in [6.07, 6.45) is 0. The van der Waals surface area contributed by atoms with Crippen molar-refractivity contribution in [1.82, 2.24) is 4.90 Å². The minimum absolute atomic E-state index is 0. The van der Waals surface area contributed by atoms with Crippen molar-refractivity contribution in [2.45, 2.75) is 18.7 Å². The molecular weight excluding hydrogens is 197 g/mol.